The first kappa shape index (κ1) is 32.9. The minimum Gasteiger partial charge on any atom is -0.486 e. The highest BCUT2D eigenvalue weighted by atomic mass is 35.5. The number of nitrogens with zero attached hydrogens (tertiary/aromatic N) is 3. The van der Waals surface area contributed by atoms with Gasteiger partial charge in [0, 0.05) is 61.1 Å². The number of rotatable bonds is 9. The van der Waals surface area contributed by atoms with E-state index in [1.165, 1.54) is 0 Å². The number of amides is 2. The number of carbonyl (C=O) groups is 1. The van der Waals surface area contributed by atoms with Crippen LogP contribution < -0.4 is 29.1 Å². The lowest BCUT2D eigenvalue weighted by atomic mass is 10.0. The van der Waals surface area contributed by atoms with Gasteiger partial charge in [-0.05, 0) is 66.9 Å². The highest BCUT2D eigenvalue weighted by Crippen LogP contribution is 2.33. The number of ether oxygens (including phenoxy) is 3. The summed E-state index contributed by atoms with van der Waals surface area (Å²) >= 11 is 0. The summed E-state index contributed by atoms with van der Waals surface area (Å²) in [5.74, 6) is 2.31. The van der Waals surface area contributed by atoms with E-state index in [4.69, 9.17) is 14.2 Å². The van der Waals surface area contributed by atoms with Gasteiger partial charge in [0.15, 0.2) is 11.5 Å². The molecule has 2 amide bonds. The first-order valence-electron chi connectivity index (χ1n) is 14.8. The molecular weight excluding hydrogens is 630 g/mol. The summed E-state index contributed by atoms with van der Waals surface area (Å²) < 4.78 is 42.4. The lowest BCUT2D eigenvalue weighted by molar-refractivity contribution is 0.171. The summed E-state index contributed by atoms with van der Waals surface area (Å²) in [7, 11) is -3.34. The Kier molecular flexibility index (Phi) is 10.5. The number of likely N-dealkylation sites (tertiary alicyclic amines) is 1. The lowest BCUT2D eigenvalue weighted by Crippen LogP contribution is -2.49. The maximum absolute atomic E-state index is 13.7. The molecule has 0 atom stereocenters. The van der Waals surface area contributed by atoms with Crippen LogP contribution in [0.15, 0.2) is 91.1 Å². The smallest absolute Gasteiger partial charge is 0.326 e. The number of hydrogen-bond acceptors (Lipinski definition) is 8. The van der Waals surface area contributed by atoms with E-state index in [1.54, 1.807) is 36.5 Å². The van der Waals surface area contributed by atoms with Crippen LogP contribution in [-0.4, -0.2) is 62.9 Å². The predicted molar refractivity (Wildman–Crippen MR) is 180 cm³/mol. The van der Waals surface area contributed by atoms with E-state index in [0.717, 1.165) is 50.0 Å². The molecule has 46 heavy (non-hydrogen) atoms. The highest BCUT2D eigenvalue weighted by Gasteiger charge is 2.29. The van der Waals surface area contributed by atoms with Crippen molar-refractivity contribution >= 4 is 45.5 Å². The third kappa shape index (κ3) is 8.59. The van der Waals surface area contributed by atoms with Crippen LogP contribution in [0.1, 0.15) is 18.4 Å². The standard InChI is InChI=1S/C33H35N5O6S.ClH/c1-45(40,41)36-25-8-11-29(12-9-25)44-32-14-7-24(22-34-32)23-37-17-15-28(16-18-37)38(27-5-3-2-4-6-27)33(39)35-26-10-13-30-31(21-26)43-20-19-42-30;/h2-14,21-22,28,36H,15-20,23H2,1H3,(H,35,39);1H. The molecule has 4 aromatic rings. The van der Waals surface area contributed by atoms with Crippen LogP contribution in [0.4, 0.5) is 21.9 Å². The van der Waals surface area contributed by atoms with Gasteiger partial charge in [0.05, 0.1) is 6.26 Å². The van der Waals surface area contributed by atoms with E-state index in [1.807, 2.05) is 59.5 Å². The van der Waals surface area contributed by atoms with Gasteiger partial charge in [0.25, 0.3) is 0 Å². The molecule has 2 N–H and O–H groups in total. The van der Waals surface area contributed by atoms with E-state index in [0.29, 0.717) is 47.7 Å². The largest absolute Gasteiger partial charge is 0.486 e. The van der Waals surface area contributed by atoms with Crippen molar-refractivity contribution in [2.24, 2.45) is 0 Å². The molecule has 13 heteroatoms. The number of anilines is 3. The first-order chi connectivity index (χ1) is 21.8. The summed E-state index contributed by atoms with van der Waals surface area (Å²) in [4.78, 5) is 22.4. The molecule has 6 rings (SSSR count). The quantitative estimate of drug-likeness (QED) is 0.219. The van der Waals surface area contributed by atoms with Gasteiger partial charge in [-0.2, -0.15) is 0 Å². The maximum atomic E-state index is 13.7. The average molecular weight is 666 g/mol. The summed E-state index contributed by atoms with van der Waals surface area (Å²) in [5.41, 5.74) is 3.03. The number of para-hydroxylation sites is 1. The van der Waals surface area contributed by atoms with Crippen LogP contribution in [-0.2, 0) is 16.6 Å². The zero-order chi connectivity index (χ0) is 31.2. The molecule has 3 heterocycles. The Morgan fingerprint density at radius 3 is 2.30 bits per heavy atom. The van der Waals surface area contributed by atoms with Crippen molar-refractivity contribution in [1.29, 1.82) is 0 Å². The summed E-state index contributed by atoms with van der Waals surface area (Å²) in [5, 5.41) is 3.06. The van der Waals surface area contributed by atoms with Crippen molar-refractivity contribution in [3.63, 3.8) is 0 Å². The third-order valence-corrected chi connectivity index (χ3v) is 8.16. The number of pyridine rings is 1. The van der Waals surface area contributed by atoms with Crippen LogP contribution in [0.2, 0.25) is 0 Å². The molecule has 1 aromatic heterocycles. The molecule has 1 saturated heterocycles. The molecule has 242 valence electrons. The predicted octanol–water partition coefficient (Wildman–Crippen LogP) is 6.14. The molecule has 2 aliphatic heterocycles. The monoisotopic (exact) mass is 665 g/mol. The van der Waals surface area contributed by atoms with Crippen LogP contribution in [0.3, 0.4) is 0 Å². The van der Waals surface area contributed by atoms with Crippen LogP contribution in [0.5, 0.6) is 23.1 Å². The fourth-order valence-corrected chi connectivity index (χ4v) is 6.04. The molecular formula is C33H36ClN5O6S. The number of urea groups is 1. The van der Waals surface area contributed by atoms with Crippen molar-refractivity contribution in [3.05, 3.63) is 96.7 Å². The SMILES string of the molecule is CS(=O)(=O)Nc1ccc(Oc2ccc(CN3CCC(N(C(=O)Nc4ccc5c(c4)OCCO5)c4ccccc4)CC3)cn2)cc1.Cl. The van der Waals surface area contributed by atoms with Crippen LogP contribution in [0.25, 0.3) is 0 Å². The molecule has 11 nitrogen and oxygen atoms in total. The zero-order valence-electron chi connectivity index (χ0n) is 25.3. The van der Waals surface area contributed by atoms with E-state index in [-0.39, 0.29) is 24.5 Å². The maximum Gasteiger partial charge on any atom is 0.326 e. The number of sulfonamides is 1. The molecule has 1 fully saturated rings. The molecule has 0 spiro atoms. The molecule has 0 unspecified atom stereocenters. The summed E-state index contributed by atoms with van der Waals surface area (Å²) in [6, 6.07) is 25.5. The second kappa shape index (κ2) is 14.7. The molecule has 0 aliphatic carbocycles. The summed E-state index contributed by atoms with van der Waals surface area (Å²) in [6.07, 6.45) is 4.55. The van der Waals surface area contributed by atoms with E-state index >= 15 is 0 Å². The van der Waals surface area contributed by atoms with Crippen molar-refractivity contribution in [2.45, 2.75) is 25.4 Å². The van der Waals surface area contributed by atoms with Gasteiger partial charge in [0.1, 0.15) is 19.0 Å². The molecule has 0 saturated carbocycles. The molecule has 0 bridgehead atoms. The number of aromatic nitrogens is 1. The molecule has 3 aromatic carbocycles. The van der Waals surface area contributed by atoms with E-state index in [9.17, 15) is 13.2 Å². The second-order valence-corrected chi connectivity index (χ2v) is 12.8. The van der Waals surface area contributed by atoms with Gasteiger partial charge in [-0.25, -0.2) is 18.2 Å². The Bertz CT molecular complexity index is 1720. The van der Waals surface area contributed by atoms with E-state index < -0.39 is 10.0 Å². The fourth-order valence-electron chi connectivity index (χ4n) is 5.47. The number of halogens is 1. The van der Waals surface area contributed by atoms with Crippen LogP contribution in [0, 0.1) is 0 Å². The third-order valence-electron chi connectivity index (χ3n) is 7.55. The van der Waals surface area contributed by atoms with Gasteiger partial charge >= 0.3 is 6.03 Å². The number of nitrogens with one attached hydrogen (secondary N) is 2. The second-order valence-electron chi connectivity index (χ2n) is 11.0. The van der Waals surface area contributed by atoms with Crippen molar-refractivity contribution < 1.29 is 27.4 Å². The lowest BCUT2D eigenvalue weighted by Gasteiger charge is -2.38. The van der Waals surface area contributed by atoms with E-state index in [2.05, 4.69) is 19.9 Å². The van der Waals surface area contributed by atoms with Crippen molar-refractivity contribution in [3.8, 4) is 23.1 Å². The van der Waals surface area contributed by atoms with Gasteiger partial charge in [0.2, 0.25) is 15.9 Å². The first-order valence-corrected chi connectivity index (χ1v) is 16.7. The van der Waals surface area contributed by atoms with Gasteiger partial charge in [-0.15, -0.1) is 12.4 Å². The minimum absolute atomic E-state index is 0. The summed E-state index contributed by atoms with van der Waals surface area (Å²) in [6.45, 7) is 3.39. The Labute approximate surface area is 274 Å². The number of carbonyl (C=O) groups excluding carboxylic acids is 1. The zero-order valence-corrected chi connectivity index (χ0v) is 26.9. The number of hydrogen-bond donors (Lipinski definition) is 2. The fraction of sp³-hybridized carbons (Fsp3) is 0.273. The topological polar surface area (TPSA) is 122 Å². The Hall–Kier alpha value is -4.52. The van der Waals surface area contributed by atoms with Gasteiger partial charge in [-0.1, -0.05) is 24.3 Å². The minimum atomic E-state index is -3.34. The van der Waals surface area contributed by atoms with Crippen molar-refractivity contribution in [2.75, 3.05) is 47.5 Å². The van der Waals surface area contributed by atoms with Gasteiger partial charge < -0.3 is 19.5 Å². The highest BCUT2D eigenvalue weighted by molar-refractivity contribution is 7.92. The Balaban J connectivity index is 0.00000417. The molecule has 0 radical (unpaired) electrons. The average Bonchev–Trinajstić information content (AvgIpc) is 3.04. The van der Waals surface area contributed by atoms with Gasteiger partial charge in [-0.3, -0.25) is 14.5 Å². The van der Waals surface area contributed by atoms with Crippen LogP contribution >= 0.6 is 12.4 Å². The number of fused-ring (bicyclic) bond motifs is 1. The molecule has 2 aliphatic rings. The number of benzene rings is 3. The number of piperidine rings is 1. The Morgan fingerprint density at radius 1 is 0.935 bits per heavy atom. The van der Waals surface area contributed by atoms with Crippen molar-refractivity contribution in [1.82, 2.24) is 9.88 Å². The normalized spacial score (nSPS) is 14.9. The Morgan fingerprint density at radius 2 is 1.63 bits per heavy atom.